The van der Waals surface area contributed by atoms with Crippen molar-refractivity contribution in [2.45, 2.75) is 29.4 Å². The van der Waals surface area contributed by atoms with Crippen LogP contribution in [0.15, 0.2) is 87.3 Å². The quantitative estimate of drug-likeness (QED) is 0.601. The molecule has 0 saturated carbocycles. The van der Waals surface area contributed by atoms with Gasteiger partial charge >= 0.3 is 6.18 Å². The van der Waals surface area contributed by atoms with E-state index in [2.05, 4.69) is 18.4 Å². The van der Waals surface area contributed by atoms with Crippen molar-refractivity contribution in [3.05, 3.63) is 94.2 Å². The minimum Gasteiger partial charge on any atom is -0.349 e. The molecular formula is C22H18F3NO2S2. The average Bonchev–Trinajstić information content (AvgIpc) is 3.15. The number of halogens is 3. The Hall–Kier alpha value is -2.45. The van der Waals surface area contributed by atoms with E-state index in [1.54, 1.807) is 23.9 Å². The first-order valence-corrected chi connectivity index (χ1v) is 11.6. The molecule has 0 N–H and O–H groups in total. The predicted molar refractivity (Wildman–Crippen MR) is 111 cm³/mol. The molecule has 2 aromatic rings. The summed E-state index contributed by atoms with van der Waals surface area (Å²) < 4.78 is 64.4. The van der Waals surface area contributed by atoms with Gasteiger partial charge in [0.15, 0.2) is 0 Å². The summed E-state index contributed by atoms with van der Waals surface area (Å²) in [6.45, 7) is 1.96. The van der Waals surface area contributed by atoms with Crippen molar-refractivity contribution >= 4 is 21.6 Å². The van der Waals surface area contributed by atoms with Gasteiger partial charge < -0.3 is 4.90 Å². The zero-order valence-corrected chi connectivity index (χ0v) is 17.6. The SMILES string of the molecule is Cc1cc(C(F)(F)F)ccc1S(=O)(=O)c1ccc(CN2C=CC3=CCSC3=C2)cc1. The first kappa shape index (κ1) is 20.8. The van der Waals surface area contributed by atoms with Crippen molar-refractivity contribution in [2.75, 3.05) is 5.75 Å². The molecule has 0 aliphatic carbocycles. The molecule has 0 bridgehead atoms. The van der Waals surface area contributed by atoms with Gasteiger partial charge in [0.05, 0.1) is 15.4 Å². The van der Waals surface area contributed by atoms with Gasteiger partial charge in [-0.2, -0.15) is 13.2 Å². The minimum atomic E-state index is -4.51. The standard InChI is InChI=1S/C22H18F3NO2S2/c1-15-12-18(22(23,24)25)4-7-21(15)30(27,28)19-5-2-16(3-6-19)13-26-10-8-17-9-11-29-20(17)14-26/h2-10,12,14H,11,13H2,1H3. The van der Waals surface area contributed by atoms with Crippen LogP contribution in [-0.2, 0) is 22.6 Å². The van der Waals surface area contributed by atoms with E-state index in [0.29, 0.717) is 6.54 Å². The van der Waals surface area contributed by atoms with Crippen molar-refractivity contribution in [3.63, 3.8) is 0 Å². The van der Waals surface area contributed by atoms with Crippen LogP contribution < -0.4 is 0 Å². The Morgan fingerprint density at radius 1 is 1.10 bits per heavy atom. The van der Waals surface area contributed by atoms with E-state index in [1.165, 1.54) is 29.5 Å². The van der Waals surface area contributed by atoms with Crippen LogP contribution in [0.4, 0.5) is 13.2 Å². The van der Waals surface area contributed by atoms with Crippen LogP contribution in [0.25, 0.3) is 0 Å². The van der Waals surface area contributed by atoms with Gasteiger partial charge in [-0.15, -0.1) is 11.8 Å². The Bertz CT molecular complexity index is 1180. The fourth-order valence-corrected chi connectivity index (χ4v) is 5.82. The fourth-order valence-electron chi connectivity index (χ4n) is 3.37. The number of hydrogen-bond acceptors (Lipinski definition) is 4. The van der Waals surface area contributed by atoms with Crippen LogP contribution in [0, 0.1) is 6.92 Å². The second-order valence-electron chi connectivity index (χ2n) is 7.08. The third-order valence-corrected chi connectivity index (χ3v) is 7.86. The maximum absolute atomic E-state index is 12.9. The van der Waals surface area contributed by atoms with Crippen molar-refractivity contribution in [2.24, 2.45) is 0 Å². The molecule has 0 saturated heterocycles. The summed E-state index contributed by atoms with van der Waals surface area (Å²) in [6.07, 6.45) is 3.77. The molecule has 2 aliphatic heterocycles. The van der Waals surface area contributed by atoms with E-state index < -0.39 is 21.6 Å². The third-order valence-electron chi connectivity index (χ3n) is 4.95. The summed E-state index contributed by atoms with van der Waals surface area (Å²) in [4.78, 5) is 3.19. The predicted octanol–water partition coefficient (Wildman–Crippen LogP) is 5.69. The van der Waals surface area contributed by atoms with E-state index in [4.69, 9.17) is 0 Å². The lowest BCUT2D eigenvalue weighted by Crippen LogP contribution is -2.13. The summed E-state index contributed by atoms with van der Waals surface area (Å²) in [5.74, 6) is 0.968. The van der Waals surface area contributed by atoms with Gasteiger partial charge in [0.2, 0.25) is 9.84 Å². The van der Waals surface area contributed by atoms with Gasteiger partial charge in [-0.05, 0) is 60.0 Å². The van der Waals surface area contributed by atoms with E-state index in [1.807, 2.05) is 11.1 Å². The number of fused-ring (bicyclic) bond motifs is 1. The number of allylic oxidation sites excluding steroid dienone is 2. The molecule has 0 aromatic heterocycles. The lowest BCUT2D eigenvalue weighted by atomic mass is 10.1. The normalized spacial score (nSPS) is 16.3. The second-order valence-corrected chi connectivity index (χ2v) is 10.1. The molecule has 156 valence electrons. The highest BCUT2D eigenvalue weighted by Crippen LogP contribution is 2.35. The van der Waals surface area contributed by atoms with Crippen LogP contribution in [0.1, 0.15) is 16.7 Å². The Morgan fingerprint density at radius 2 is 1.83 bits per heavy atom. The monoisotopic (exact) mass is 449 g/mol. The molecule has 0 fully saturated rings. The first-order valence-electron chi connectivity index (χ1n) is 9.15. The van der Waals surface area contributed by atoms with Gasteiger partial charge in [-0.3, -0.25) is 0 Å². The number of nitrogens with zero attached hydrogens (tertiary/aromatic N) is 1. The summed E-state index contributed by atoms with van der Waals surface area (Å²) in [5, 5.41) is 0. The second kappa shape index (κ2) is 7.67. The van der Waals surface area contributed by atoms with Crippen molar-refractivity contribution in [1.82, 2.24) is 4.90 Å². The number of hydrogen-bond donors (Lipinski definition) is 0. The molecule has 0 amide bonds. The molecule has 0 atom stereocenters. The molecule has 2 aromatic carbocycles. The molecule has 0 radical (unpaired) electrons. The Kier molecular flexibility index (Phi) is 5.32. The van der Waals surface area contributed by atoms with Crippen LogP contribution in [0.3, 0.4) is 0 Å². The fraction of sp³-hybridized carbons (Fsp3) is 0.182. The number of alkyl halides is 3. The molecule has 2 aliphatic rings. The minimum absolute atomic E-state index is 0.0539. The Balaban J connectivity index is 1.54. The van der Waals surface area contributed by atoms with Gasteiger partial charge in [0, 0.05) is 29.6 Å². The number of rotatable bonds is 4. The molecule has 4 rings (SSSR count). The van der Waals surface area contributed by atoms with Crippen molar-refractivity contribution < 1.29 is 21.6 Å². The van der Waals surface area contributed by atoms with Crippen molar-refractivity contribution in [3.8, 4) is 0 Å². The Labute approximate surface area is 177 Å². The van der Waals surface area contributed by atoms with Crippen LogP contribution in [0.2, 0.25) is 0 Å². The third kappa shape index (κ3) is 4.06. The number of sulfone groups is 1. The molecule has 0 unspecified atom stereocenters. The highest BCUT2D eigenvalue weighted by Gasteiger charge is 2.32. The van der Waals surface area contributed by atoms with Crippen LogP contribution >= 0.6 is 11.8 Å². The van der Waals surface area contributed by atoms with E-state index >= 15 is 0 Å². The lowest BCUT2D eigenvalue weighted by Gasteiger charge is -2.21. The number of benzene rings is 2. The number of aryl methyl sites for hydroxylation is 1. The number of thioether (sulfide) groups is 1. The van der Waals surface area contributed by atoms with E-state index in [9.17, 15) is 21.6 Å². The van der Waals surface area contributed by atoms with Crippen LogP contribution in [0.5, 0.6) is 0 Å². The lowest BCUT2D eigenvalue weighted by molar-refractivity contribution is -0.137. The molecule has 30 heavy (non-hydrogen) atoms. The Morgan fingerprint density at radius 3 is 2.50 bits per heavy atom. The smallest absolute Gasteiger partial charge is 0.349 e. The van der Waals surface area contributed by atoms with E-state index in [-0.39, 0.29) is 15.4 Å². The van der Waals surface area contributed by atoms with Gasteiger partial charge in [-0.1, -0.05) is 18.2 Å². The van der Waals surface area contributed by atoms with Gasteiger partial charge in [-0.25, -0.2) is 8.42 Å². The molecular weight excluding hydrogens is 431 g/mol. The maximum Gasteiger partial charge on any atom is 0.416 e. The van der Waals surface area contributed by atoms with Gasteiger partial charge in [0.1, 0.15) is 0 Å². The van der Waals surface area contributed by atoms with Crippen LogP contribution in [-0.4, -0.2) is 19.1 Å². The summed E-state index contributed by atoms with van der Waals surface area (Å²) in [5.41, 5.74) is 1.35. The van der Waals surface area contributed by atoms with Gasteiger partial charge in [0.25, 0.3) is 0 Å². The zero-order valence-electron chi connectivity index (χ0n) is 16.0. The summed E-state index contributed by atoms with van der Waals surface area (Å²) in [6, 6.07) is 9.14. The zero-order chi connectivity index (χ0) is 21.5. The van der Waals surface area contributed by atoms with E-state index in [0.717, 1.165) is 29.5 Å². The highest BCUT2D eigenvalue weighted by atomic mass is 32.2. The largest absolute Gasteiger partial charge is 0.416 e. The topological polar surface area (TPSA) is 37.4 Å². The molecule has 0 spiro atoms. The summed E-state index contributed by atoms with van der Waals surface area (Å²) >= 11 is 1.77. The van der Waals surface area contributed by atoms with Crippen molar-refractivity contribution in [1.29, 1.82) is 0 Å². The highest BCUT2D eigenvalue weighted by molar-refractivity contribution is 8.03. The molecule has 3 nitrogen and oxygen atoms in total. The average molecular weight is 450 g/mol. The molecule has 2 heterocycles. The first-order chi connectivity index (χ1) is 14.1. The molecule has 8 heteroatoms. The summed E-state index contributed by atoms with van der Waals surface area (Å²) in [7, 11) is -3.91. The maximum atomic E-state index is 12.9.